The molecular formula is C17H21N3O4. The van der Waals surface area contributed by atoms with Crippen LogP contribution in [0.4, 0.5) is 10.5 Å². The zero-order chi connectivity index (χ0) is 16.5. The van der Waals surface area contributed by atoms with Crippen LogP contribution in [0.1, 0.15) is 10.4 Å². The Morgan fingerprint density at radius 1 is 1.04 bits per heavy atom. The Morgan fingerprint density at radius 2 is 1.79 bits per heavy atom. The molecule has 3 saturated heterocycles. The molecule has 0 aromatic heterocycles. The molecule has 1 aromatic carbocycles. The van der Waals surface area contributed by atoms with Crippen molar-refractivity contribution in [1.29, 1.82) is 0 Å². The van der Waals surface area contributed by atoms with Gasteiger partial charge in [0.25, 0.3) is 5.91 Å². The first-order chi connectivity index (χ1) is 11.7. The molecule has 0 N–H and O–H groups in total. The quantitative estimate of drug-likeness (QED) is 0.802. The first-order valence-electron chi connectivity index (χ1n) is 8.38. The number of morpholine rings is 1. The SMILES string of the molecule is O=C(c1ccc(N2CCOCC2)cc1)N1CCN2C(=O)OCC2C1. The third-order valence-corrected chi connectivity index (χ3v) is 4.89. The van der Waals surface area contributed by atoms with Crippen LogP contribution in [0.2, 0.25) is 0 Å². The standard InChI is InChI=1S/C17H21N3O4/c21-16(19-5-6-20-15(11-19)12-24-17(20)22)13-1-3-14(4-2-13)18-7-9-23-10-8-18/h1-4,15H,5-12H2. The molecule has 3 fully saturated rings. The summed E-state index contributed by atoms with van der Waals surface area (Å²) >= 11 is 0. The molecule has 0 radical (unpaired) electrons. The van der Waals surface area contributed by atoms with Crippen molar-refractivity contribution >= 4 is 17.7 Å². The Kier molecular flexibility index (Phi) is 4.02. The summed E-state index contributed by atoms with van der Waals surface area (Å²) in [4.78, 5) is 30.0. The van der Waals surface area contributed by atoms with Crippen LogP contribution >= 0.6 is 0 Å². The average Bonchev–Trinajstić information content (AvgIpc) is 3.02. The molecular weight excluding hydrogens is 310 g/mol. The number of nitrogens with zero attached hydrogens (tertiary/aromatic N) is 3. The molecule has 0 aliphatic carbocycles. The lowest BCUT2D eigenvalue weighted by Crippen LogP contribution is -2.53. The van der Waals surface area contributed by atoms with Gasteiger partial charge in [0, 0.05) is 44.0 Å². The van der Waals surface area contributed by atoms with Gasteiger partial charge in [-0.15, -0.1) is 0 Å². The minimum Gasteiger partial charge on any atom is -0.447 e. The van der Waals surface area contributed by atoms with Crippen molar-refractivity contribution in [2.75, 3.05) is 57.4 Å². The maximum Gasteiger partial charge on any atom is 0.410 e. The summed E-state index contributed by atoms with van der Waals surface area (Å²) in [6.07, 6.45) is -0.262. The maximum absolute atomic E-state index is 12.7. The highest BCUT2D eigenvalue weighted by Gasteiger charge is 2.38. The number of hydrogen-bond donors (Lipinski definition) is 0. The van der Waals surface area contributed by atoms with E-state index in [1.165, 1.54) is 0 Å². The fraction of sp³-hybridized carbons (Fsp3) is 0.529. The van der Waals surface area contributed by atoms with Crippen LogP contribution < -0.4 is 4.90 Å². The van der Waals surface area contributed by atoms with Crippen molar-refractivity contribution < 1.29 is 19.1 Å². The van der Waals surface area contributed by atoms with Crippen LogP contribution in [0.3, 0.4) is 0 Å². The lowest BCUT2D eigenvalue weighted by molar-refractivity contribution is 0.0617. The van der Waals surface area contributed by atoms with Crippen molar-refractivity contribution in [3.63, 3.8) is 0 Å². The lowest BCUT2D eigenvalue weighted by Gasteiger charge is -2.35. The number of ether oxygens (including phenoxy) is 2. The molecule has 0 spiro atoms. The second-order valence-electron chi connectivity index (χ2n) is 6.32. The minimum atomic E-state index is -0.262. The normalized spacial score (nSPS) is 23.9. The van der Waals surface area contributed by atoms with Crippen LogP contribution in [-0.4, -0.2) is 80.4 Å². The summed E-state index contributed by atoms with van der Waals surface area (Å²) in [6, 6.07) is 7.75. The van der Waals surface area contributed by atoms with Crippen LogP contribution in [0.25, 0.3) is 0 Å². The molecule has 4 rings (SSSR count). The van der Waals surface area contributed by atoms with Crippen molar-refractivity contribution in [1.82, 2.24) is 9.80 Å². The second-order valence-corrected chi connectivity index (χ2v) is 6.32. The van der Waals surface area contributed by atoms with Gasteiger partial charge in [-0.1, -0.05) is 0 Å². The van der Waals surface area contributed by atoms with E-state index in [0.29, 0.717) is 31.8 Å². The minimum absolute atomic E-state index is 0.0113. The number of anilines is 1. The largest absolute Gasteiger partial charge is 0.447 e. The highest BCUT2D eigenvalue weighted by atomic mass is 16.6. The summed E-state index contributed by atoms with van der Waals surface area (Å²) in [6.45, 7) is 5.25. The van der Waals surface area contributed by atoms with Crippen LogP contribution in [0.15, 0.2) is 24.3 Å². The van der Waals surface area contributed by atoms with E-state index >= 15 is 0 Å². The smallest absolute Gasteiger partial charge is 0.410 e. The Balaban J connectivity index is 1.42. The van der Waals surface area contributed by atoms with Crippen molar-refractivity contribution in [3.05, 3.63) is 29.8 Å². The molecule has 128 valence electrons. The number of benzene rings is 1. The topological polar surface area (TPSA) is 62.3 Å². The molecule has 2 amide bonds. The number of cyclic esters (lactones) is 1. The van der Waals surface area contributed by atoms with Gasteiger partial charge in [-0.2, -0.15) is 0 Å². The zero-order valence-electron chi connectivity index (χ0n) is 13.5. The third kappa shape index (κ3) is 2.80. The van der Waals surface area contributed by atoms with Crippen LogP contribution in [-0.2, 0) is 9.47 Å². The van der Waals surface area contributed by atoms with E-state index in [1.807, 2.05) is 29.2 Å². The summed E-state index contributed by atoms with van der Waals surface area (Å²) in [5.41, 5.74) is 1.81. The second kappa shape index (κ2) is 6.32. The zero-order valence-corrected chi connectivity index (χ0v) is 13.5. The summed E-state index contributed by atoms with van der Waals surface area (Å²) in [5.74, 6) is 0.0162. The van der Waals surface area contributed by atoms with Gasteiger partial charge in [0.15, 0.2) is 0 Å². The van der Waals surface area contributed by atoms with Crippen molar-refractivity contribution in [2.45, 2.75) is 6.04 Å². The predicted molar refractivity (Wildman–Crippen MR) is 87.2 cm³/mol. The van der Waals surface area contributed by atoms with E-state index < -0.39 is 0 Å². The predicted octanol–water partition coefficient (Wildman–Crippen LogP) is 0.800. The Hall–Kier alpha value is -2.28. The highest BCUT2D eigenvalue weighted by Crippen LogP contribution is 2.21. The van der Waals surface area contributed by atoms with Gasteiger partial charge in [-0.25, -0.2) is 4.79 Å². The molecule has 3 aliphatic rings. The molecule has 24 heavy (non-hydrogen) atoms. The Morgan fingerprint density at radius 3 is 2.54 bits per heavy atom. The number of amides is 2. The first kappa shape index (κ1) is 15.3. The van der Waals surface area contributed by atoms with Gasteiger partial charge in [-0.3, -0.25) is 9.69 Å². The molecule has 3 aliphatic heterocycles. The van der Waals surface area contributed by atoms with E-state index in [2.05, 4.69) is 4.90 Å². The van der Waals surface area contributed by atoms with E-state index in [9.17, 15) is 9.59 Å². The number of carbonyl (C=O) groups excluding carboxylic acids is 2. The number of rotatable bonds is 2. The monoisotopic (exact) mass is 331 g/mol. The molecule has 1 unspecified atom stereocenters. The fourth-order valence-electron chi connectivity index (χ4n) is 3.49. The van der Waals surface area contributed by atoms with Crippen molar-refractivity contribution in [2.24, 2.45) is 0 Å². The molecule has 3 heterocycles. The number of carbonyl (C=O) groups is 2. The van der Waals surface area contributed by atoms with Crippen molar-refractivity contribution in [3.8, 4) is 0 Å². The summed E-state index contributed by atoms with van der Waals surface area (Å²) < 4.78 is 10.4. The number of hydrogen-bond acceptors (Lipinski definition) is 5. The Labute approximate surface area is 140 Å². The van der Waals surface area contributed by atoms with Gasteiger partial charge < -0.3 is 19.3 Å². The van der Waals surface area contributed by atoms with Gasteiger partial charge in [-0.05, 0) is 24.3 Å². The van der Waals surface area contributed by atoms with Gasteiger partial charge >= 0.3 is 6.09 Å². The molecule has 0 saturated carbocycles. The van der Waals surface area contributed by atoms with Gasteiger partial charge in [0.1, 0.15) is 6.61 Å². The van der Waals surface area contributed by atoms with Crippen LogP contribution in [0.5, 0.6) is 0 Å². The van der Waals surface area contributed by atoms with E-state index in [-0.39, 0.29) is 18.0 Å². The van der Waals surface area contributed by atoms with Gasteiger partial charge in [0.2, 0.25) is 0 Å². The maximum atomic E-state index is 12.7. The summed E-state index contributed by atoms with van der Waals surface area (Å²) in [7, 11) is 0. The average molecular weight is 331 g/mol. The fourth-order valence-corrected chi connectivity index (χ4v) is 3.49. The first-order valence-corrected chi connectivity index (χ1v) is 8.38. The molecule has 7 heteroatoms. The van der Waals surface area contributed by atoms with Gasteiger partial charge in [0.05, 0.1) is 19.3 Å². The molecule has 0 bridgehead atoms. The van der Waals surface area contributed by atoms with E-state index in [0.717, 1.165) is 32.0 Å². The number of fused-ring (bicyclic) bond motifs is 1. The van der Waals surface area contributed by atoms with E-state index in [1.54, 1.807) is 4.90 Å². The Bertz CT molecular complexity index is 627. The molecule has 1 atom stereocenters. The number of piperazine rings is 1. The molecule has 7 nitrogen and oxygen atoms in total. The lowest BCUT2D eigenvalue weighted by atomic mass is 10.1. The van der Waals surface area contributed by atoms with E-state index in [4.69, 9.17) is 9.47 Å². The highest BCUT2D eigenvalue weighted by molar-refractivity contribution is 5.94. The molecule has 1 aromatic rings. The third-order valence-electron chi connectivity index (χ3n) is 4.89. The summed E-state index contributed by atoms with van der Waals surface area (Å²) in [5, 5.41) is 0. The van der Waals surface area contributed by atoms with Crippen LogP contribution in [0, 0.1) is 0 Å².